The summed E-state index contributed by atoms with van der Waals surface area (Å²) in [6.07, 6.45) is 2.89. The number of aromatic amines is 1. The predicted molar refractivity (Wildman–Crippen MR) is 42.5 cm³/mol. The Balaban J connectivity index is 2.82. The molecular weight excluding hydrogens is 140 g/mol. The van der Waals surface area contributed by atoms with Gasteiger partial charge in [0.25, 0.3) is 5.82 Å². The zero-order valence-corrected chi connectivity index (χ0v) is 7.35. The standard InChI is InChI=1S/C8H14N2O/c1-4-7-9-6-8(10(7)3)11-5-2/h6H,4-5H2,1-3H3/p+1. The number of hydrogen-bond acceptors (Lipinski definition) is 1. The number of imidazole rings is 1. The highest BCUT2D eigenvalue weighted by atomic mass is 16.5. The lowest BCUT2D eigenvalue weighted by Gasteiger charge is -1.96. The van der Waals surface area contributed by atoms with Crippen LogP contribution in [0.5, 0.6) is 5.88 Å². The molecule has 1 rings (SSSR count). The summed E-state index contributed by atoms with van der Waals surface area (Å²) in [5.41, 5.74) is 0. The van der Waals surface area contributed by atoms with Crippen molar-refractivity contribution in [1.82, 2.24) is 4.98 Å². The van der Waals surface area contributed by atoms with E-state index in [2.05, 4.69) is 11.9 Å². The summed E-state index contributed by atoms with van der Waals surface area (Å²) >= 11 is 0. The van der Waals surface area contributed by atoms with Gasteiger partial charge in [-0.15, -0.1) is 0 Å². The van der Waals surface area contributed by atoms with Gasteiger partial charge in [0.15, 0.2) is 6.20 Å². The quantitative estimate of drug-likeness (QED) is 0.643. The van der Waals surface area contributed by atoms with E-state index >= 15 is 0 Å². The Labute approximate surface area is 67.0 Å². The molecule has 0 fully saturated rings. The van der Waals surface area contributed by atoms with Gasteiger partial charge in [-0.05, 0) is 6.92 Å². The Morgan fingerprint density at radius 1 is 1.55 bits per heavy atom. The maximum absolute atomic E-state index is 5.35. The summed E-state index contributed by atoms with van der Waals surface area (Å²) in [7, 11) is 2.00. The van der Waals surface area contributed by atoms with Crippen LogP contribution in [-0.2, 0) is 13.5 Å². The average molecular weight is 155 g/mol. The summed E-state index contributed by atoms with van der Waals surface area (Å²) in [5, 5.41) is 0. The molecule has 3 nitrogen and oxygen atoms in total. The van der Waals surface area contributed by atoms with Gasteiger partial charge in [0.1, 0.15) is 0 Å². The average Bonchev–Trinajstić information content (AvgIpc) is 2.34. The first kappa shape index (κ1) is 8.11. The highest BCUT2D eigenvalue weighted by Gasteiger charge is 2.11. The lowest BCUT2D eigenvalue weighted by molar-refractivity contribution is -0.683. The molecule has 62 valence electrons. The van der Waals surface area contributed by atoms with Gasteiger partial charge in [0.05, 0.1) is 13.7 Å². The SMILES string of the molecule is CCOc1c[nH]c(CC)[n+]1C. The fourth-order valence-electron chi connectivity index (χ4n) is 1.10. The number of rotatable bonds is 3. The number of aryl methyl sites for hydroxylation is 1. The maximum atomic E-state index is 5.35. The van der Waals surface area contributed by atoms with Crippen LogP contribution in [-0.4, -0.2) is 11.6 Å². The molecule has 1 heterocycles. The smallest absolute Gasteiger partial charge is 0.324 e. The Bertz CT molecular complexity index is 230. The summed E-state index contributed by atoms with van der Waals surface area (Å²) < 4.78 is 7.38. The first-order chi connectivity index (χ1) is 5.29. The van der Waals surface area contributed by atoms with Crippen LogP contribution in [0.3, 0.4) is 0 Å². The molecule has 11 heavy (non-hydrogen) atoms. The molecule has 3 heteroatoms. The van der Waals surface area contributed by atoms with Crippen LogP contribution >= 0.6 is 0 Å². The molecule has 1 aromatic heterocycles. The molecule has 0 saturated heterocycles. The molecule has 0 aliphatic carbocycles. The molecule has 0 atom stereocenters. The lowest BCUT2D eigenvalue weighted by Crippen LogP contribution is -2.32. The van der Waals surface area contributed by atoms with Crippen molar-refractivity contribution in [2.24, 2.45) is 7.05 Å². The first-order valence-corrected chi connectivity index (χ1v) is 3.98. The van der Waals surface area contributed by atoms with Crippen LogP contribution < -0.4 is 9.30 Å². The second-order valence-corrected chi connectivity index (χ2v) is 2.42. The van der Waals surface area contributed by atoms with E-state index in [1.54, 1.807) is 0 Å². The summed E-state index contributed by atoms with van der Waals surface area (Å²) in [6, 6.07) is 0. The maximum Gasteiger partial charge on any atom is 0.324 e. The number of nitrogens with one attached hydrogen (secondary N) is 1. The fraction of sp³-hybridized carbons (Fsp3) is 0.625. The lowest BCUT2D eigenvalue weighted by atomic mass is 10.5. The monoisotopic (exact) mass is 155 g/mol. The third-order valence-corrected chi connectivity index (χ3v) is 1.72. The van der Waals surface area contributed by atoms with E-state index in [4.69, 9.17) is 4.74 Å². The highest BCUT2D eigenvalue weighted by molar-refractivity contribution is 4.96. The zero-order valence-electron chi connectivity index (χ0n) is 7.35. The van der Waals surface area contributed by atoms with Crippen molar-refractivity contribution in [3.63, 3.8) is 0 Å². The molecule has 0 aliphatic heterocycles. The molecule has 0 saturated carbocycles. The first-order valence-electron chi connectivity index (χ1n) is 3.98. The van der Waals surface area contributed by atoms with Crippen LogP contribution in [0.4, 0.5) is 0 Å². The summed E-state index contributed by atoms with van der Waals surface area (Å²) in [6.45, 7) is 4.81. The van der Waals surface area contributed by atoms with E-state index in [0.29, 0.717) is 0 Å². The predicted octanol–water partition coefficient (Wildman–Crippen LogP) is 0.800. The van der Waals surface area contributed by atoms with Crippen LogP contribution in [0, 0.1) is 0 Å². The van der Waals surface area contributed by atoms with Crippen LogP contribution in [0.25, 0.3) is 0 Å². The van der Waals surface area contributed by atoms with Crippen molar-refractivity contribution in [1.29, 1.82) is 0 Å². The van der Waals surface area contributed by atoms with Gasteiger partial charge in [-0.3, -0.25) is 0 Å². The number of hydrogen-bond donors (Lipinski definition) is 1. The molecule has 0 aromatic carbocycles. The molecular formula is C8H15N2O+. The van der Waals surface area contributed by atoms with Crippen LogP contribution in [0.15, 0.2) is 6.20 Å². The van der Waals surface area contributed by atoms with Crippen molar-refractivity contribution in [2.75, 3.05) is 6.61 Å². The number of ether oxygens (including phenoxy) is 1. The summed E-state index contributed by atoms with van der Waals surface area (Å²) in [4.78, 5) is 3.15. The van der Waals surface area contributed by atoms with Gasteiger partial charge >= 0.3 is 5.88 Å². The van der Waals surface area contributed by atoms with Crippen molar-refractivity contribution in [3.05, 3.63) is 12.0 Å². The molecule has 0 spiro atoms. The van der Waals surface area contributed by atoms with Crippen molar-refractivity contribution >= 4 is 0 Å². The van der Waals surface area contributed by atoms with E-state index in [0.717, 1.165) is 18.9 Å². The zero-order chi connectivity index (χ0) is 8.27. The summed E-state index contributed by atoms with van der Waals surface area (Å²) in [5.74, 6) is 2.10. The Hall–Kier alpha value is -0.990. The van der Waals surface area contributed by atoms with E-state index in [9.17, 15) is 0 Å². The molecule has 1 aromatic rings. The minimum Gasteiger partial charge on any atom is -0.460 e. The Morgan fingerprint density at radius 3 is 2.73 bits per heavy atom. The van der Waals surface area contributed by atoms with Crippen molar-refractivity contribution in [2.45, 2.75) is 20.3 Å². The van der Waals surface area contributed by atoms with E-state index in [1.807, 2.05) is 24.7 Å². The third kappa shape index (κ3) is 1.53. The number of aromatic nitrogens is 2. The fourth-order valence-corrected chi connectivity index (χ4v) is 1.10. The molecule has 0 bridgehead atoms. The van der Waals surface area contributed by atoms with Gasteiger partial charge in [-0.2, -0.15) is 0 Å². The van der Waals surface area contributed by atoms with Crippen molar-refractivity contribution in [3.8, 4) is 5.88 Å². The van der Waals surface area contributed by atoms with Crippen LogP contribution in [0.2, 0.25) is 0 Å². The Morgan fingerprint density at radius 2 is 2.27 bits per heavy atom. The molecule has 0 unspecified atom stereocenters. The third-order valence-electron chi connectivity index (χ3n) is 1.72. The van der Waals surface area contributed by atoms with E-state index < -0.39 is 0 Å². The molecule has 0 amide bonds. The highest BCUT2D eigenvalue weighted by Crippen LogP contribution is 2.02. The molecule has 0 aliphatic rings. The van der Waals surface area contributed by atoms with E-state index in [1.165, 1.54) is 5.82 Å². The van der Waals surface area contributed by atoms with Crippen molar-refractivity contribution < 1.29 is 9.30 Å². The van der Waals surface area contributed by atoms with Gasteiger partial charge in [-0.1, -0.05) is 6.92 Å². The second kappa shape index (κ2) is 3.42. The number of nitrogens with zero attached hydrogens (tertiary/aromatic N) is 1. The van der Waals surface area contributed by atoms with Gasteiger partial charge in [0, 0.05) is 6.42 Å². The largest absolute Gasteiger partial charge is 0.460 e. The minimum absolute atomic E-state index is 0.717. The van der Waals surface area contributed by atoms with Gasteiger partial charge in [0.2, 0.25) is 0 Å². The topological polar surface area (TPSA) is 28.9 Å². The Kier molecular flexibility index (Phi) is 2.52. The van der Waals surface area contributed by atoms with Gasteiger partial charge in [-0.25, -0.2) is 9.55 Å². The van der Waals surface area contributed by atoms with Crippen LogP contribution in [0.1, 0.15) is 19.7 Å². The van der Waals surface area contributed by atoms with E-state index in [-0.39, 0.29) is 0 Å². The normalized spacial score (nSPS) is 10.1. The van der Waals surface area contributed by atoms with Gasteiger partial charge < -0.3 is 4.74 Å². The minimum atomic E-state index is 0.717. The molecule has 1 N–H and O–H groups in total. The second-order valence-electron chi connectivity index (χ2n) is 2.42. The molecule has 0 radical (unpaired) electrons. The number of H-pyrrole nitrogens is 1.